The average molecular weight is 373 g/mol. The van der Waals surface area contributed by atoms with E-state index < -0.39 is 0 Å². The Bertz CT molecular complexity index is 801. The van der Waals surface area contributed by atoms with Gasteiger partial charge in [0.1, 0.15) is 0 Å². The average Bonchev–Trinajstić information content (AvgIpc) is 2.74. The Balaban J connectivity index is 1.97. The number of nitrogens with zero attached hydrogens (tertiary/aromatic N) is 1. The smallest absolute Gasteiger partial charge is 0.271 e. The number of rotatable bonds is 2. The highest BCUT2D eigenvalue weighted by molar-refractivity contribution is 9.10. The molecule has 2 aromatic rings. The van der Waals surface area contributed by atoms with Gasteiger partial charge in [0.15, 0.2) is 5.17 Å². The molecule has 0 bridgehead atoms. The van der Waals surface area contributed by atoms with E-state index in [1.54, 1.807) is 0 Å². The Morgan fingerprint density at radius 3 is 2.68 bits per heavy atom. The van der Waals surface area contributed by atoms with Gasteiger partial charge >= 0.3 is 0 Å². The third kappa shape index (κ3) is 2.87. The lowest BCUT2D eigenvalue weighted by Crippen LogP contribution is -2.28. The molecule has 2 aromatic carbocycles. The Kier molecular flexibility index (Phi) is 4.18. The zero-order valence-corrected chi connectivity index (χ0v) is 14.2. The molecule has 5 heteroatoms. The van der Waals surface area contributed by atoms with Crippen LogP contribution < -0.4 is 4.90 Å². The molecule has 3 rings (SSSR count). The van der Waals surface area contributed by atoms with Crippen LogP contribution in [0.5, 0.6) is 0 Å². The molecule has 22 heavy (non-hydrogen) atoms. The highest BCUT2D eigenvalue weighted by atomic mass is 79.9. The number of amidine groups is 1. The first-order valence-electron chi connectivity index (χ1n) is 6.70. The summed E-state index contributed by atoms with van der Waals surface area (Å²) in [6, 6.07) is 15.4. The summed E-state index contributed by atoms with van der Waals surface area (Å²) in [7, 11) is 0. The predicted octanol–water partition coefficient (Wildman–Crippen LogP) is 4.81. The molecular weight excluding hydrogens is 360 g/mol. The van der Waals surface area contributed by atoms with Crippen molar-refractivity contribution in [2.24, 2.45) is 0 Å². The van der Waals surface area contributed by atoms with Crippen LogP contribution in [0.15, 0.2) is 57.9 Å². The maximum Gasteiger partial charge on any atom is 0.271 e. The van der Waals surface area contributed by atoms with E-state index in [9.17, 15) is 4.79 Å². The quantitative estimate of drug-likeness (QED) is 0.768. The van der Waals surface area contributed by atoms with E-state index in [0.29, 0.717) is 4.91 Å². The SMILES string of the molecule is Cc1ccccc1N1C(=N)S/C(=C\c2cccc(Br)c2)C1=O. The van der Waals surface area contributed by atoms with Crippen molar-refractivity contribution >= 4 is 50.5 Å². The lowest BCUT2D eigenvalue weighted by atomic mass is 10.1. The first-order chi connectivity index (χ1) is 10.6. The minimum atomic E-state index is -0.149. The van der Waals surface area contributed by atoms with Gasteiger partial charge in [-0.2, -0.15) is 0 Å². The fourth-order valence-corrected chi connectivity index (χ4v) is 3.54. The van der Waals surface area contributed by atoms with E-state index in [0.717, 1.165) is 21.3 Å². The summed E-state index contributed by atoms with van der Waals surface area (Å²) in [6.07, 6.45) is 1.82. The number of halogens is 1. The molecule has 1 fully saturated rings. The van der Waals surface area contributed by atoms with Gasteiger partial charge in [-0.3, -0.25) is 15.1 Å². The monoisotopic (exact) mass is 372 g/mol. The summed E-state index contributed by atoms with van der Waals surface area (Å²) in [5.41, 5.74) is 2.68. The van der Waals surface area contributed by atoms with Crippen LogP contribution in [0.2, 0.25) is 0 Å². The van der Waals surface area contributed by atoms with Crippen LogP contribution in [0.4, 0.5) is 5.69 Å². The number of carbonyl (C=O) groups excluding carboxylic acids is 1. The van der Waals surface area contributed by atoms with E-state index in [1.807, 2.05) is 61.5 Å². The number of anilines is 1. The molecule has 1 N–H and O–H groups in total. The largest absolute Gasteiger partial charge is 0.278 e. The van der Waals surface area contributed by atoms with Gasteiger partial charge in [-0.15, -0.1) is 0 Å². The van der Waals surface area contributed by atoms with E-state index in [-0.39, 0.29) is 11.1 Å². The second-order valence-electron chi connectivity index (χ2n) is 4.90. The van der Waals surface area contributed by atoms with Gasteiger partial charge in [-0.25, -0.2) is 0 Å². The number of amides is 1. The van der Waals surface area contributed by atoms with Gasteiger partial charge in [0.25, 0.3) is 5.91 Å². The first kappa shape index (κ1) is 15.1. The highest BCUT2D eigenvalue weighted by Gasteiger charge is 2.34. The van der Waals surface area contributed by atoms with Crippen LogP contribution in [0, 0.1) is 12.3 Å². The van der Waals surface area contributed by atoms with E-state index in [1.165, 1.54) is 16.7 Å². The lowest BCUT2D eigenvalue weighted by molar-refractivity contribution is -0.113. The van der Waals surface area contributed by atoms with Crippen LogP contribution in [0.3, 0.4) is 0 Å². The Morgan fingerprint density at radius 2 is 1.95 bits per heavy atom. The topological polar surface area (TPSA) is 44.2 Å². The number of aryl methyl sites for hydroxylation is 1. The van der Waals surface area contributed by atoms with Crippen molar-refractivity contribution in [3.8, 4) is 0 Å². The summed E-state index contributed by atoms with van der Waals surface area (Å²) in [5.74, 6) is -0.149. The van der Waals surface area contributed by atoms with Gasteiger partial charge in [0.05, 0.1) is 10.6 Å². The fourth-order valence-electron chi connectivity index (χ4n) is 2.27. The van der Waals surface area contributed by atoms with Crippen molar-refractivity contribution in [3.63, 3.8) is 0 Å². The minimum Gasteiger partial charge on any atom is -0.278 e. The number of benzene rings is 2. The minimum absolute atomic E-state index is 0.149. The molecule has 0 unspecified atom stereocenters. The van der Waals surface area contributed by atoms with Gasteiger partial charge in [-0.1, -0.05) is 46.3 Å². The third-order valence-electron chi connectivity index (χ3n) is 3.33. The molecule has 1 amide bonds. The molecule has 110 valence electrons. The maximum atomic E-state index is 12.6. The molecule has 1 heterocycles. The van der Waals surface area contributed by atoms with Gasteiger partial charge < -0.3 is 0 Å². The number of para-hydroxylation sites is 1. The van der Waals surface area contributed by atoms with Crippen molar-refractivity contribution in [3.05, 3.63) is 69.0 Å². The summed E-state index contributed by atoms with van der Waals surface area (Å²) >= 11 is 4.61. The summed E-state index contributed by atoms with van der Waals surface area (Å²) in [5, 5.41) is 8.36. The third-order valence-corrected chi connectivity index (χ3v) is 4.71. The molecule has 0 saturated carbocycles. The van der Waals surface area contributed by atoms with Crippen molar-refractivity contribution in [2.75, 3.05) is 4.90 Å². The van der Waals surface area contributed by atoms with Crippen LogP contribution in [-0.2, 0) is 4.79 Å². The Labute approximate surface area is 141 Å². The summed E-state index contributed by atoms with van der Waals surface area (Å²) in [4.78, 5) is 14.7. The standard InChI is InChI=1S/C17H13BrN2OS/c1-11-5-2-3-8-14(11)20-16(21)15(22-17(20)19)10-12-6-4-7-13(18)9-12/h2-10,19H,1H3/b15-10-,19-17?. The number of carbonyl (C=O) groups is 1. The van der Waals surface area contributed by atoms with Gasteiger partial charge in [0.2, 0.25) is 0 Å². The van der Waals surface area contributed by atoms with Gasteiger partial charge in [0, 0.05) is 4.47 Å². The zero-order valence-electron chi connectivity index (χ0n) is 11.8. The Hall–Kier alpha value is -1.85. The highest BCUT2D eigenvalue weighted by Crippen LogP contribution is 2.36. The van der Waals surface area contributed by atoms with E-state index in [4.69, 9.17) is 5.41 Å². The molecule has 1 aliphatic rings. The van der Waals surface area contributed by atoms with Crippen molar-refractivity contribution in [1.29, 1.82) is 5.41 Å². The van der Waals surface area contributed by atoms with Crippen LogP contribution in [0.25, 0.3) is 6.08 Å². The molecule has 0 spiro atoms. The number of hydrogen-bond donors (Lipinski definition) is 1. The Morgan fingerprint density at radius 1 is 1.18 bits per heavy atom. The van der Waals surface area contributed by atoms with Crippen LogP contribution >= 0.6 is 27.7 Å². The maximum absolute atomic E-state index is 12.6. The molecule has 1 saturated heterocycles. The van der Waals surface area contributed by atoms with E-state index in [2.05, 4.69) is 15.9 Å². The van der Waals surface area contributed by atoms with Crippen molar-refractivity contribution in [1.82, 2.24) is 0 Å². The van der Waals surface area contributed by atoms with Crippen molar-refractivity contribution in [2.45, 2.75) is 6.92 Å². The second kappa shape index (κ2) is 6.10. The number of hydrogen-bond acceptors (Lipinski definition) is 3. The summed E-state index contributed by atoms with van der Waals surface area (Å²) in [6.45, 7) is 1.94. The molecule has 0 radical (unpaired) electrons. The predicted molar refractivity (Wildman–Crippen MR) is 96.1 cm³/mol. The number of nitrogens with one attached hydrogen (secondary N) is 1. The normalized spacial score (nSPS) is 16.6. The van der Waals surface area contributed by atoms with Crippen LogP contribution in [0.1, 0.15) is 11.1 Å². The molecule has 1 aliphatic heterocycles. The zero-order chi connectivity index (χ0) is 15.7. The van der Waals surface area contributed by atoms with Crippen LogP contribution in [-0.4, -0.2) is 11.1 Å². The van der Waals surface area contributed by atoms with Crippen molar-refractivity contribution < 1.29 is 4.79 Å². The second-order valence-corrected chi connectivity index (χ2v) is 6.84. The summed E-state index contributed by atoms with van der Waals surface area (Å²) < 4.78 is 0.961. The molecule has 3 nitrogen and oxygen atoms in total. The molecular formula is C17H13BrN2OS. The number of thioether (sulfide) groups is 1. The lowest BCUT2D eigenvalue weighted by Gasteiger charge is -2.16. The first-order valence-corrected chi connectivity index (χ1v) is 8.31. The molecule has 0 aliphatic carbocycles. The molecule has 0 atom stereocenters. The fraction of sp³-hybridized carbons (Fsp3) is 0.0588. The van der Waals surface area contributed by atoms with E-state index >= 15 is 0 Å². The van der Waals surface area contributed by atoms with Gasteiger partial charge in [-0.05, 0) is 54.1 Å². The molecule has 0 aromatic heterocycles.